The van der Waals surface area contributed by atoms with E-state index in [4.69, 9.17) is 5.73 Å². The molecule has 0 spiro atoms. The van der Waals surface area contributed by atoms with Gasteiger partial charge in [0, 0.05) is 32.9 Å². The Bertz CT molecular complexity index is 355. The molecular formula is C12H18BrNS3. The van der Waals surface area contributed by atoms with Crippen LogP contribution < -0.4 is 5.73 Å². The zero-order chi connectivity index (χ0) is 12.3. The second-order valence-electron chi connectivity index (χ2n) is 4.23. The van der Waals surface area contributed by atoms with E-state index in [0.29, 0.717) is 11.3 Å². The lowest BCUT2D eigenvalue weighted by atomic mass is 10.1. The molecule has 3 unspecified atom stereocenters. The molecule has 0 saturated carbocycles. The van der Waals surface area contributed by atoms with Crippen molar-refractivity contribution in [3.05, 3.63) is 20.8 Å². The number of thioether (sulfide) groups is 2. The van der Waals surface area contributed by atoms with Gasteiger partial charge in [0.15, 0.2) is 0 Å². The van der Waals surface area contributed by atoms with Gasteiger partial charge in [-0.1, -0.05) is 6.92 Å². The molecular weight excluding hydrogens is 334 g/mol. The predicted molar refractivity (Wildman–Crippen MR) is 86.5 cm³/mol. The van der Waals surface area contributed by atoms with E-state index in [0.717, 1.165) is 11.7 Å². The van der Waals surface area contributed by atoms with Crippen LogP contribution in [0, 0.1) is 0 Å². The Balaban J connectivity index is 1.95. The van der Waals surface area contributed by atoms with E-state index in [2.05, 4.69) is 58.5 Å². The first-order valence-corrected chi connectivity index (χ1v) is 9.64. The highest BCUT2D eigenvalue weighted by Gasteiger charge is 2.30. The quantitative estimate of drug-likeness (QED) is 0.887. The minimum Gasteiger partial charge on any atom is -0.326 e. The molecule has 2 N–H and O–H groups in total. The SMILES string of the molecule is CCC1SCCSC1C(N)Cc1ccc(Br)s1. The van der Waals surface area contributed by atoms with Crippen molar-refractivity contribution >= 4 is 50.8 Å². The summed E-state index contributed by atoms with van der Waals surface area (Å²) in [7, 11) is 0. The van der Waals surface area contributed by atoms with Gasteiger partial charge >= 0.3 is 0 Å². The summed E-state index contributed by atoms with van der Waals surface area (Å²) < 4.78 is 1.21. The molecule has 0 amide bonds. The molecule has 0 aromatic carbocycles. The van der Waals surface area contributed by atoms with Gasteiger partial charge in [0.2, 0.25) is 0 Å². The molecule has 0 aliphatic carbocycles. The molecule has 0 bridgehead atoms. The van der Waals surface area contributed by atoms with Gasteiger partial charge in [-0.05, 0) is 40.9 Å². The number of thiophene rings is 1. The standard InChI is InChI=1S/C12H18BrNS3/c1-2-10-12(16-6-5-15-10)9(14)7-8-3-4-11(13)17-8/h3-4,9-10,12H,2,5-7,14H2,1H3. The molecule has 1 aliphatic rings. The van der Waals surface area contributed by atoms with Crippen LogP contribution in [-0.4, -0.2) is 28.0 Å². The van der Waals surface area contributed by atoms with Crippen LogP contribution in [0.4, 0.5) is 0 Å². The fraction of sp³-hybridized carbons (Fsp3) is 0.667. The van der Waals surface area contributed by atoms with E-state index >= 15 is 0 Å². The van der Waals surface area contributed by atoms with Crippen molar-refractivity contribution in [2.24, 2.45) is 5.73 Å². The molecule has 5 heteroatoms. The normalized spacial score (nSPS) is 27.0. The van der Waals surface area contributed by atoms with Gasteiger partial charge in [0.1, 0.15) is 0 Å². The maximum Gasteiger partial charge on any atom is 0.0701 e. The van der Waals surface area contributed by atoms with Crippen molar-refractivity contribution in [3.8, 4) is 0 Å². The Kier molecular flexibility index (Phi) is 5.74. The lowest BCUT2D eigenvalue weighted by Gasteiger charge is -2.34. The van der Waals surface area contributed by atoms with E-state index in [1.807, 2.05) is 11.3 Å². The van der Waals surface area contributed by atoms with E-state index in [9.17, 15) is 0 Å². The van der Waals surface area contributed by atoms with Gasteiger partial charge in [0.25, 0.3) is 0 Å². The van der Waals surface area contributed by atoms with Crippen LogP contribution in [0.1, 0.15) is 18.2 Å². The third-order valence-electron chi connectivity index (χ3n) is 2.98. The third-order valence-corrected chi connectivity index (χ3v) is 8.06. The summed E-state index contributed by atoms with van der Waals surface area (Å²) in [6.45, 7) is 2.28. The fourth-order valence-corrected chi connectivity index (χ4v) is 6.89. The molecule has 2 heterocycles. The molecule has 3 atom stereocenters. The topological polar surface area (TPSA) is 26.0 Å². The summed E-state index contributed by atoms with van der Waals surface area (Å²) in [5.41, 5.74) is 6.41. The number of rotatable bonds is 4. The Morgan fingerprint density at radius 1 is 1.41 bits per heavy atom. The highest BCUT2D eigenvalue weighted by Crippen LogP contribution is 2.36. The largest absolute Gasteiger partial charge is 0.326 e. The molecule has 1 fully saturated rings. The zero-order valence-electron chi connectivity index (χ0n) is 9.90. The van der Waals surface area contributed by atoms with Crippen LogP contribution >= 0.6 is 50.8 Å². The third kappa shape index (κ3) is 3.90. The van der Waals surface area contributed by atoms with Crippen LogP contribution in [0.3, 0.4) is 0 Å². The summed E-state index contributed by atoms with van der Waals surface area (Å²) in [5, 5.41) is 1.37. The first-order valence-electron chi connectivity index (χ1n) is 5.93. The minimum absolute atomic E-state index is 0.295. The number of hydrogen-bond donors (Lipinski definition) is 1. The molecule has 17 heavy (non-hydrogen) atoms. The molecule has 2 rings (SSSR count). The van der Waals surface area contributed by atoms with E-state index in [1.54, 1.807) is 0 Å². The fourth-order valence-electron chi connectivity index (χ4n) is 2.15. The average Bonchev–Trinajstić information content (AvgIpc) is 2.74. The Morgan fingerprint density at radius 3 is 2.82 bits per heavy atom. The highest BCUT2D eigenvalue weighted by atomic mass is 79.9. The average molecular weight is 352 g/mol. The first kappa shape index (κ1) is 14.3. The monoisotopic (exact) mass is 351 g/mol. The van der Waals surface area contributed by atoms with Gasteiger partial charge in [-0.3, -0.25) is 0 Å². The molecule has 1 aromatic heterocycles. The van der Waals surface area contributed by atoms with Crippen molar-refractivity contribution < 1.29 is 0 Å². The van der Waals surface area contributed by atoms with Crippen LogP contribution in [0.15, 0.2) is 15.9 Å². The summed E-state index contributed by atoms with van der Waals surface area (Å²) in [6, 6.07) is 4.60. The first-order chi connectivity index (χ1) is 8.20. The second kappa shape index (κ2) is 6.85. The van der Waals surface area contributed by atoms with Crippen LogP contribution in [0.5, 0.6) is 0 Å². The second-order valence-corrected chi connectivity index (χ2v) is 9.41. The molecule has 1 saturated heterocycles. The molecule has 1 nitrogen and oxygen atoms in total. The molecule has 1 aliphatic heterocycles. The van der Waals surface area contributed by atoms with Gasteiger partial charge in [-0.2, -0.15) is 23.5 Å². The van der Waals surface area contributed by atoms with Crippen LogP contribution in [0.2, 0.25) is 0 Å². The van der Waals surface area contributed by atoms with E-state index < -0.39 is 0 Å². The maximum absolute atomic E-state index is 6.41. The summed E-state index contributed by atoms with van der Waals surface area (Å²) in [4.78, 5) is 1.40. The van der Waals surface area contributed by atoms with Crippen molar-refractivity contribution in [2.75, 3.05) is 11.5 Å². The minimum atomic E-state index is 0.295. The maximum atomic E-state index is 6.41. The van der Waals surface area contributed by atoms with Gasteiger partial charge in [-0.25, -0.2) is 0 Å². The Labute approximate surface area is 124 Å². The van der Waals surface area contributed by atoms with Gasteiger partial charge in [-0.15, -0.1) is 11.3 Å². The molecule has 0 radical (unpaired) electrons. The molecule has 1 aromatic rings. The van der Waals surface area contributed by atoms with Crippen molar-refractivity contribution in [1.29, 1.82) is 0 Å². The van der Waals surface area contributed by atoms with E-state index in [1.165, 1.54) is 26.6 Å². The number of halogens is 1. The van der Waals surface area contributed by atoms with Gasteiger partial charge in [0.05, 0.1) is 3.79 Å². The lowest BCUT2D eigenvalue weighted by Crippen LogP contribution is -2.42. The van der Waals surface area contributed by atoms with Crippen molar-refractivity contribution in [1.82, 2.24) is 0 Å². The van der Waals surface area contributed by atoms with Crippen LogP contribution in [-0.2, 0) is 6.42 Å². The smallest absolute Gasteiger partial charge is 0.0701 e. The van der Waals surface area contributed by atoms with Crippen LogP contribution in [0.25, 0.3) is 0 Å². The summed E-state index contributed by atoms with van der Waals surface area (Å²) in [5.74, 6) is 2.55. The Hall–Kier alpha value is 0.840. The summed E-state index contributed by atoms with van der Waals surface area (Å²) in [6.07, 6.45) is 2.26. The molecule has 96 valence electrons. The highest BCUT2D eigenvalue weighted by molar-refractivity contribution is 9.11. The zero-order valence-corrected chi connectivity index (χ0v) is 13.9. The van der Waals surface area contributed by atoms with Crippen molar-refractivity contribution in [2.45, 2.75) is 36.3 Å². The number of nitrogens with two attached hydrogens (primary N) is 1. The van der Waals surface area contributed by atoms with Gasteiger partial charge < -0.3 is 5.73 Å². The van der Waals surface area contributed by atoms with E-state index in [-0.39, 0.29) is 0 Å². The lowest BCUT2D eigenvalue weighted by molar-refractivity contribution is 0.601. The summed E-state index contributed by atoms with van der Waals surface area (Å²) >= 11 is 9.51. The van der Waals surface area contributed by atoms with Crippen molar-refractivity contribution in [3.63, 3.8) is 0 Å². The number of hydrogen-bond acceptors (Lipinski definition) is 4. The Morgan fingerprint density at radius 2 is 2.18 bits per heavy atom. The predicted octanol–water partition coefficient (Wildman–Crippen LogP) is 4.01.